The molecule has 0 saturated carbocycles. The van der Waals surface area contributed by atoms with E-state index in [9.17, 15) is 14.0 Å². The van der Waals surface area contributed by atoms with Gasteiger partial charge in [-0.2, -0.15) is 0 Å². The monoisotopic (exact) mass is 466 g/mol. The summed E-state index contributed by atoms with van der Waals surface area (Å²) in [4.78, 5) is 31.4. The summed E-state index contributed by atoms with van der Waals surface area (Å²) in [6.07, 6.45) is 1.62. The minimum atomic E-state index is -0.760. The molecule has 1 atom stereocenters. The van der Waals surface area contributed by atoms with E-state index < -0.39 is 17.8 Å². The van der Waals surface area contributed by atoms with Crippen molar-refractivity contribution < 1.29 is 23.4 Å². The van der Waals surface area contributed by atoms with Gasteiger partial charge in [0.05, 0.1) is 28.5 Å². The van der Waals surface area contributed by atoms with Gasteiger partial charge in [0.25, 0.3) is 5.56 Å². The molecule has 1 aromatic heterocycles. The first-order chi connectivity index (χ1) is 16.0. The Morgan fingerprint density at radius 2 is 2.09 bits per heavy atom. The number of halogens is 1. The molecule has 0 N–H and O–H groups in total. The highest BCUT2D eigenvalue weighted by Gasteiger charge is 2.34. The van der Waals surface area contributed by atoms with Crippen LogP contribution < -0.4 is 24.4 Å². The summed E-state index contributed by atoms with van der Waals surface area (Å²) >= 11 is 1.18. The fraction of sp³-hybridized carbons (Fsp3) is 0.208. The van der Waals surface area contributed by atoms with Crippen LogP contribution in [0, 0.1) is 5.82 Å². The lowest BCUT2D eigenvalue weighted by Gasteiger charge is -2.24. The van der Waals surface area contributed by atoms with Crippen molar-refractivity contribution in [1.29, 1.82) is 0 Å². The maximum absolute atomic E-state index is 13.7. The standard InChI is InChI=1S/C24H19FN2O5S/c1-3-30-23(29)20-13(2)26-24-27(21(20)15-7-8-17-18(11-15)32-12-31-17)22(28)19(33-24)10-14-5-4-6-16(25)9-14/h4-11,21H,3,12H2,1-2H3/t21-/m1/s1. The normalized spacial score (nSPS) is 17.1. The maximum Gasteiger partial charge on any atom is 0.338 e. The number of hydrogen-bond acceptors (Lipinski definition) is 7. The van der Waals surface area contributed by atoms with Crippen molar-refractivity contribution in [1.82, 2.24) is 4.57 Å². The molecular formula is C24H19FN2O5S. The van der Waals surface area contributed by atoms with Crippen LogP contribution in [0.4, 0.5) is 4.39 Å². The first-order valence-corrected chi connectivity index (χ1v) is 11.1. The Hall–Kier alpha value is -3.72. The Morgan fingerprint density at radius 1 is 1.27 bits per heavy atom. The van der Waals surface area contributed by atoms with Crippen LogP contribution >= 0.6 is 11.3 Å². The lowest BCUT2D eigenvalue weighted by atomic mass is 9.95. The fourth-order valence-electron chi connectivity index (χ4n) is 3.94. The fourth-order valence-corrected chi connectivity index (χ4v) is 4.98. The van der Waals surface area contributed by atoms with Crippen LogP contribution in [-0.2, 0) is 9.53 Å². The van der Waals surface area contributed by atoms with E-state index >= 15 is 0 Å². The van der Waals surface area contributed by atoms with Crippen molar-refractivity contribution in [2.75, 3.05) is 13.4 Å². The predicted molar refractivity (Wildman–Crippen MR) is 119 cm³/mol. The van der Waals surface area contributed by atoms with E-state index in [0.29, 0.717) is 37.7 Å². The highest BCUT2D eigenvalue weighted by molar-refractivity contribution is 7.07. The zero-order valence-corrected chi connectivity index (χ0v) is 18.6. The lowest BCUT2D eigenvalue weighted by molar-refractivity contribution is -0.139. The van der Waals surface area contributed by atoms with E-state index in [2.05, 4.69) is 4.99 Å². The summed E-state index contributed by atoms with van der Waals surface area (Å²) in [5.41, 5.74) is 1.63. The number of carbonyl (C=O) groups is 1. The average Bonchev–Trinajstić information content (AvgIpc) is 3.37. The highest BCUT2D eigenvalue weighted by atomic mass is 32.1. The van der Waals surface area contributed by atoms with Crippen molar-refractivity contribution in [2.24, 2.45) is 4.99 Å². The summed E-state index contributed by atoms with van der Waals surface area (Å²) in [6.45, 7) is 3.73. The first-order valence-electron chi connectivity index (χ1n) is 10.3. The molecule has 0 bridgehead atoms. The van der Waals surface area contributed by atoms with Gasteiger partial charge in [0, 0.05) is 0 Å². The summed E-state index contributed by atoms with van der Waals surface area (Å²) in [5, 5.41) is 0. The zero-order chi connectivity index (χ0) is 23.1. The maximum atomic E-state index is 13.7. The largest absolute Gasteiger partial charge is 0.463 e. The second-order valence-corrected chi connectivity index (χ2v) is 8.48. The predicted octanol–water partition coefficient (Wildman–Crippen LogP) is 2.67. The molecule has 33 heavy (non-hydrogen) atoms. The van der Waals surface area contributed by atoms with Gasteiger partial charge in [-0.3, -0.25) is 9.36 Å². The van der Waals surface area contributed by atoms with E-state index in [1.54, 1.807) is 50.3 Å². The number of rotatable bonds is 4. The number of esters is 1. The Balaban J connectivity index is 1.73. The molecule has 2 aromatic carbocycles. The summed E-state index contributed by atoms with van der Waals surface area (Å²) in [6, 6.07) is 10.5. The molecule has 5 rings (SSSR count). The van der Waals surface area contributed by atoms with E-state index in [0.717, 1.165) is 0 Å². The quantitative estimate of drug-likeness (QED) is 0.553. The third-order valence-corrected chi connectivity index (χ3v) is 6.36. The van der Waals surface area contributed by atoms with Gasteiger partial charge in [0.1, 0.15) is 5.82 Å². The second kappa shape index (κ2) is 8.32. The SMILES string of the molecule is CCOC(=O)C1=C(C)N=c2sc(=Cc3cccc(F)c3)c(=O)n2[C@@H]1c1ccc2c(c1)OCO2. The Morgan fingerprint density at radius 3 is 2.88 bits per heavy atom. The van der Waals surface area contributed by atoms with E-state index in [1.165, 1.54) is 28.0 Å². The van der Waals surface area contributed by atoms with Gasteiger partial charge in [-0.05, 0) is 55.3 Å². The van der Waals surface area contributed by atoms with Crippen LogP contribution in [0.25, 0.3) is 6.08 Å². The lowest BCUT2D eigenvalue weighted by Crippen LogP contribution is -2.39. The Labute approximate surface area is 191 Å². The molecule has 3 aromatic rings. The molecule has 168 valence electrons. The molecule has 2 aliphatic heterocycles. The van der Waals surface area contributed by atoms with Gasteiger partial charge in [0.15, 0.2) is 16.3 Å². The van der Waals surface area contributed by atoms with Crippen molar-refractivity contribution in [3.8, 4) is 11.5 Å². The molecule has 3 heterocycles. The molecule has 7 nitrogen and oxygen atoms in total. The third kappa shape index (κ3) is 3.74. The van der Waals surface area contributed by atoms with Crippen molar-refractivity contribution in [2.45, 2.75) is 19.9 Å². The Bertz CT molecular complexity index is 1490. The topological polar surface area (TPSA) is 79.1 Å². The van der Waals surface area contributed by atoms with Gasteiger partial charge >= 0.3 is 5.97 Å². The van der Waals surface area contributed by atoms with Crippen molar-refractivity contribution in [3.05, 3.63) is 90.4 Å². The molecule has 9 heteroatoms. The summed E-state index contributed by atoms with van der Waals surface area (Å²) < 4.78 is 31.7. The number of nitrogens with zero attached hydrogens (tertiary/aromatic N) is 2. The van der Waals surface area contributed by atoms with Crippen molar-refractivity contribution >= 4 is 23.4 Å². The molecule has 0 saturated heterocycles. The van der Waals surface area contributed by atoms with Gasteiger partial charge in [0.2, 0.25) is 6.79 Å². The number of hydrogen-bond donors (Lipinski definition) is 0. The number of benzene rings is 2. The van der Waals surface area contributed by atoms with Gasteiger partial charge < -0.3 is 14.2 Å². The minimum absolute atomic E-state index is 0.106. The average molecular weight is 466 g/mol. The van der Waals surface area contributed by atoms with Crippen LogP contribution in [0.2, 0.25) is 0 Å². The Kier molecular flexibility index (Phi) is 5.33. The molecular weight excluding hydrogens is 447 g/mol. The minimum Gasteiger partial charge on any atom is -0.463 e. The number of allylic oxidation sites excluding steroid dienone is 1. The number of aromatic nitrogens is 1. The van der Waals surface area contributed by atoms with Crippen LogP contribution in [-0.4, -0.2) is 23.9 Å². The van der Waals surface area contributed by atoms with E-state index in [4.69, 9.17) is 14.2 Å². The molecule has 0 unspecified atom stereocenters. The number of carbonyl (C=O) groups excluding carboxylic acids is 1. The van der Waals surface area contributed by atoms with Gasteiger partial charge in [-0.15, -0.1) is 0 Å². The molecule has 2 aliphatic rings. The van der Waals surface area contributed by atoms with Gasteiger partial charge in [-0.1, -0.05) is 29.5 Å². The number of fused-ring (bicyclic) bond motifs is 2. The smallest absolute Gasteiger partial charge is 0.338 e. The number of ether oxygens (including phenoxy) is 3. The van der Waals surface area contributed by atoms with Crippen LogP contribution in [0.15, 0.2) is 63.5 Å². The molecule has 0 fully saturated rings. The highest BCUT2D eigenvalue weighted by Crippen LogP contribution is 2.38. The van der Waals surface area contributed by atoms with Crippen molar-refractivity contribution in [3.63, 3.8) is 0 Å². The zero-order valence-electron chi connectivity index (χ0n) is 17.8. The van der Waals surface area contributed by atoms with Crippen LogP contribution in [0.5, 0.6) is 11.5 Å². The molecule has 0 amide bonds. The van der Waals surface area contributed by atoms with E-state index in [-0.39, 0.29) is 24.5 Å². The van der Waals surface area contributed by atoms with Gasteiger partial charge in [-0.25, -0.2) is 14.2 Å². The second-order valence-electron chi connectivity index (χ2n) is 7.47. The first kappa shape index (κ1) is 21.1. The van der Waals surface area contributed by atoms with Crippen LogP contribution in [0.1, 0.15) is 31.0 Å². The van der Waals surface area contributed by atoms with E-state index in [1.807, 2.05) is 0 Å². The third-order valence-electron chi connectivity index (χ3n) is 5.38. The summed E-state index contributed by atoms with van der Waals surface area (Å²) in [7, 11) is 0. The van der Waals surface area contributed by atoms with Crippen LogP contribution in [0.3, 0.4) is 0 Å². The molecule has 0 aliphatic carbocycles. The molecule has 0 spiro atoms. The summed E-state index contributed by atoms with van der Waals surface area (Å²) in [5.74, 6) is 0.193. The number of thiazole rings is 1. The molecule has 0 radical (unpaired) electrons.